The molecule has 0 saturated carbocycles. The first-order chi connectivity index (χ1) is 20.4. The molecule has 0 aromatic carbocycles. The van der Waals surface area contributed by atoms with E-state index in [9.17, 15) is 19.2 Å². The van der Waals surface area contributed by atoms with Gasteiger partial charge in [-0.05, 0) is 64.2 Å². The molecule has 0 bridgehead atoms. The van der Waals surface area contributed by atoms with E-state index in [0.29, 0.717) is 32.2 Å². The number of hydrogen-bond donors (Lipinski definition) is 2. The van der Waals surface area contributed by atoms with Crippen LogP contribution in [0.5, 0.6) is 0 Å². The monoisotopic (exact) mass is 582 g/mol. The normalized spacial score (nSPS) is 12.9. The van der Waals surface area contributed by atoms with E-state index in [4.69, 9.17) is 4.74 Å². The van der Waals surface area contributed by atoms with Crippen LogP contribution in [0.4, 0.5) is 0 Å². The molecule has 2 N–H and O–H groups in total. The second-order valence-corrected chi connectivity index (χ2v) is 9.24. The van der Waals surface area contributed by atoms with Gasteiger partial charge in [-0.3, -0.25) is 9.59 Å². The number of methoxy groups -OCH3 is 2. The Morgan fingerprint density at radius 1 is 0.667 bits per heavy atom. The molecule has 1 atom stereocenters. The topological polar surface area (TPSA) is 111 Å². The van der Waals surface area contributed by atoms with E-state index in [2.05, 4.69) is 83.1 Å². The molecule has 0 saturated heterocycles. The molecule has 0 aromatic rings. The lowest BCUT2D eigenvalue weighted by Crippen LogP contribution is -2.41. The van der Waals surface area contributed by atoms with Gasteiger partial charge in [-0.2, -0.15) is 0 Å². The third-order valence-corrected chi connectivity index (χ3v) is 5.75. The van der Waals surface area contributed by atoms with Crippen LogP contribution in [0.2, 0.25) is 0 Å². The van der Waals surface area contributed by atoms with Gasteiger partial charge in [0.05, 0.1) is 14.2 Å². The molecule has 232 valence electrons. The van der Waals surface area contributed by atoms with Crippen molar-refractivity contribution in [2.45, 2.75) is 83.6 Å². The Morgan fingerprint density at radius 3 is 1.69 bits per heavy atom. The fourth-order valence-corrected chi connectivity index (χ4v) is 3.47. The molecule has 0 aliphatic rings. The number of nitrogens with one attached hydrogen (secondary N) is 2. The average molecular weight is 583 g/mol. The molecule has 0 rings (SSSR count). The van der Waals surface area contributed by atoms with Crippen LogP contribution >= 0.6 is 0 Å². The van der Waals surface area contributed by atoms with Gasteiger partial charge in [0.15, 0.2) is 0 Å². The van der Waals surface area contributed by atoms with E-state index in [1.165, 1.54) is 14.2 Å². The van der Waals surface area contributed by atoms with E-state index >= 15 is 0 Å². The Bertz CT molecular complexity index is 973. The summed E-state index contributed by atoms with van der Waals surface area (Å²) in [7, 11) is 2.51. The van der Waals surface area contributed by atoms with Gasteiger partial charge < -0.3 is 20.1 Å². The molecule has 2 amide bonds. The summed E-state index contributed by atoms with van der Waals surface area (Å²) in [5.74, 6) is -1.73. The summed E-state index contributed by atoms with van der Waals surface area (Å²) in [5.41, 5.74) is 0. The molecule has 0 radical (unpaired) electrons. The van der Waals surface area contributed by atoms with Crippen molar-refractivity contribution < 1.29 is 28.7 Å². The number of carbonyl (C=O) groups is 4. The summed E-state index contributed by atoms with van der Waals surface area (Å²) < 4.78 is 9.23. The van der Waals surface area contributed by atoms with Gasteiger partial charge in [0.1, 0.15) is 6.04 Å². The molecule has 0 heterocycles. The van der Waals surface area contributed by atoms with Crippen LogP contribution < -0.4 is 10.6 Å². The van der Waals surface area contributed by atoms with Crippen molar-refractivity contribution in [1.29, 1.82) is 0 Å². The van der Waals surface area contributed by atoms with E-state index in [1.807, 2.05) is 12.2 Å². The fraction of sp³-hybridized carbons (Fsp3) is 0.471. The van der Waals surface area contributed by atoms with Crippen molar-refractivity contribution in [3.05, 3.63) is 85.1 Å². The minimum Gasteiger partial charge on any atom is -0.467 e. The van der Waals surface area contributed by atoms with Gasteiger partial charge in [-0.1, -0.05) is 79.8 Å². The molecule has 0 fully saturated rings. The quantitative estimate of drug-likeness (QED) is 0.0648. The number of ether oxygens (including phenoxy) is 2. The summed E-state index contributed by atoms with van der Waals surface area (Å²) in [6.07, 6.45) is 35.9. The number of unbranched alkanes of at least 4 members (excludes halogenated alkanes) is 1. The van der Waals surface area contributed by atoms with Crippen LogP contribution in [0, 0.1) is 0 Å². The van der Waals surface area contributed by atoms with Crippen LogP contribution in [-0.2, 0) is 28.7 Å². The largest absolute Gasteiger partial charge is 0.467 e. The van der Waals surface area contributed by atoms with Crippen LogP contribution in [-0.4, -0.2) is 50.6 Å². The molecular weight excluding hydrogens is 532 g/mol. The minimum atomic E-state index is -0.734. The lowest BCUT2D eigenvalue weighted by atomic mass is 10.1. The number of allylic oxidation sites excluding steroid dienone is 12. The predicted octanol–water partition coefficient (Wildman–Crippen LogP) is 6.14. The zero-order chi connectivity index (χ0) is 31.1. The van der Waals surface area contributed by atoms with Crippen molar-refractivity contribution in [3.8, 4) is 0 Å². The fourth-order valence-electron chi connectivity index (χ4n) is 3.47. The zero-order valence-corrected chi connectivity index (χ0v) is 25.6. The van der Waals surface area contributed by atoms with E-state index in [-0.39, 0.29) is 12.3 Å². The molecule has 8 nitrogen and oxygen atoms in total. The maximum Gasteiger partial charge on any atom is 0.330 e. The third-order valence-electron chi connectivity index (χ3n) is 5.75. The number of hydrogen-bond acceptors (Lipinski definition) is 6. The molecule has 1 unspecified atom stereocenters. The summed E-state index contributed by atoms with van der Waals surface area (Å²) in [6, 6.07) is -0.734. The Balaban J connectivity index is 4.06. The van der Waals surface area contributed by atoms with Crippen LogP contribution in [0.1, 0.15) is 77.6 Å². The van der Waals surface area contributed by atoms with E-state index in [1.54, 1.807) is 0 Å². The number of rotatable bonds is 23. The molecule has 8 heteroatoms. The smallest absolute Gasteiger partial charge is 0.330 e. The van der Waals surface area contributed by atoms with Crippen LogP contribution in [0.3, 0.4) is 0 Å². The highest BCUT2D eigenvalue weighted by Crippen LogP contribution is 2.05. The van der Waals surface area contributed by atoms with Gasteiger partial charge in [-0.15, -0.1) is 0 Å². The van der Waals surface area contributed by atoms with E-state index < -0.39 is 23.9 Å². The van der Waals surface area contributed by atoms with Gasteiger partial charge in [0, 0.05) is 25.1 Å². The maximum absolute atomic E-state index is 12.3. The SMILES string of the molecule is CC/C=C\C/C=C\C/C=C\C/C=C\C/C=C\C/C=C\CCC(=O)NC(CCCCNC(=O)/C=C/C(=O)OC)C(=O)OC. The van der Waals surface area contributed by atoms with Gasteiger partial charge in [0.25, 0.3) is 0 Å². The van der Waals surface area contributed by atoms with Gasteiger partial charge >= 0.3 is 11.9 Å². The Labute approximate surface area is 252 Å². The summed E-state index contributed by atoms with van der Waals surface area (Å²) in [5, 5.41) is 5.37. The maximum atomic E-state index is 12.3. The third kappa shape index (κ3) is 25.1. The Hall–Kier alpha value is -3.94. The van der Waals surface area contributed by atoms with Gasteiger partial charge in [-0.25, -0.2) is 9.59 Å². The number of esters is 2. The van der Waals surface area contributed by atoms with Crippen molar-refractivity contribution >= 4 is 23.8 Å². The van der Waals surface area contributed by atoms with Crippen molar-refractivity contribution in [1.82, 2.24) is 10.6 Å². The summed E-state index contributed by atoms with van der Waals surface area (Å²) in [4.78, 5) is 47.0. The minimum absolute atomic E-state index is 0.217. The Kier molecular flexibility index (Phi) is 25.9. The molecular formula is C34H50N2O6. The van der Waals surface area contributed by atoms with Gasteiger partial charge in [0.2, 0.25) is 11.8 Å². The number of carbonyl (C=O) groups excluding carboxylic acids is 4. The van der Waals surface area contributed by atoms with Crippen molar-refractivity contribution in [3.63, 3.8) is 0 Å². The zero-order valence-electron chi connectivity index (χ0n) is 25.6. The molecule has 0 aliphatic carbocycles. The Morgan fingerprint density at radius 2 is 1.19 bits per heavy atom. The predicted molar refractivity (Wildman–Crippen MR) is 169 cm³/mol. The lowest BCUT2D eigenvalue weighted by Gasteiger charge is -2.16. The number of amides is 2. The molecule has 42 heavy (non-hydrogen) atoms. The first-order valence-electron chi connectivity index (χ1n) is 14.8. The molecule has 0 aliphatic heterocycles. The molecule has 0 aromatic heterocycles. The lowest BCUT2D eigenvalue weighted by molar-refractivity contribution is -0.145. The second-order valence-electron chi connectivity index (χ2n) is 9.24. The highest BCUT2D eigenvalue weighted by molar-refractivity contribution is 5.94. The summed E-state index contributed by atoms with van der Waals surface area (Å²) >= 11 is 0. The first kappa shape index (κ1) is 38.1. The van der Waals surface area contributed by atoms with Crippen LogP contribution in [0.15, 0.2) is 85.1 Å². The van der Waals surface area contributed by atoms with E-state index in [0.717, 1.165) is 50.7 Å². The average Bonchev–Trinajstić information content (AvgIpc) is 2.99. The first-order valence-corrected chi connectivity index (χ1v) is 14.8. The highest BCUT2D eigenvalue weighted by Gasteiger charge is 2.20. The van der Waals surface area contributed by atoms with Crippen LogP contribution in [0.25, 0.3) is 0 Å². The second kappa shape index (κ2) is 28.6. The standard InChI is InChI=1S/C34H50N2O6/c1-4-5-6-7-8-9-10-11-12-13-14-15-16-17-18-19-20-21-22-26-32(38)36-30(34(40)42-3)25-23-24-29-35-31(37)27-28-33(39)41-2/h5-6,8-9,11-12,14-15,17-18,20-21,27-28,30H,4,7,10,13,16,19,22-26,29H2,1-3H3,(H,35,37)(H,36,38)/b6-5-,9-8-,12-11-,15-14-,18-17-,21-20-,28-27+. The van der Waals surface area contributed by atoms with Crippen molar-refractivity contribution in [2.75, 3.05) is 20.8 Å². The van der Waals surface area contributed by atoms with Crippen molar-refractivity contribution in [2.24, 2.45) is 0 Å². The molecule has 0 spiro atoms. The summed E-state index contributed by atoms with van der Waals surface area (Å²) in [6.45, 7) is 2.51. The highest BCUT2D eigenvalue weighted by atomic mass is 16.5.